The Labute approximate surface area is 133 Å². The van der Waals surface area contributed by atoms with Crippen molar-refractivity contribution < 1.29 is 4.79 Å². The lowest BCUT2D eigenvalue weighted by molar-refractivity contribution is -0.123. The van der Waals surface area contributed by atoms with E-state index in [0.717, 1.165) is 29.8 Å². The first-order valence-corrected chi connectivity index (χ1v) is 8.12. The summed E-state index contributed by atoms with van der Waals surface area (Å²) in [4.78, 5) is 12.7. The highest BCUT2D eigenvalue weighted by Gasteiger charge is 2.38. The molecule has 1 unspecified atom stereocenters. The number of rotatable bonds is 3. The van der Waals surface area contributed by atoms with E-state index in [2.05, 4.69) is 48.5 Å². The largest absolute Gasteiger partial charge is 0.353 e. The fourth-order valence-corrected chi connectivity index (χ4v) is 4.08. The average molecular weight is 306 g/mol. The summed E-state index contributed by atoms with van der Waals surface area (Å²) in [5, 5.41) is 14.1. The molecule has 0 aliphatic carbocycles. The van der Waals surface area contributed by atoms with Crippen LogP contribution in [0.5, 0.6) is 0 Å². The Morgan fingerprint density at radius 1 is 1.23 bits per heavy atom. The smallest absolute Gasteiger partial charge is 0.227 e. The molecule has 1 aromatic heterocycles. The second-order valence-electron chi connectivity index (χ2n) is 8.08. The van der Waals surface area contributed by atoms with Crippen molar-refractivity contribution in [1.29, 1.82) is 0 Å². The number of aromatic nitrogens is 2. The Kier molecular flexibility index (Phi) is 4.39. The van der Waals surface area contributed by atoms with Gasteiger partial charge in [0.25, 0.3) is 0 Å². The van der Waals surface area contributed by atoms with Gasteiger partial charge in [-0.2, -0.15) is 5.10 Å². The number of carbonyl (C=O) groups excluding carboxylic acids is 1. The normalized spacial score (nSPS) is 22.3. The third-order valence-electron chi connectivity index (χ3n) is 4.55. The summed E-state index contributed by atoms with van der Waals surface area (Å²) >= 11 is 0. The van der Waals surface area contributed by atoms with Gasteiger partial charge in [-0.25, -0.2) is 0 Å². The van der Waals surface area contributed by atoms with Gasteiger partial charge in [-0.05, 0) is 61.3 Å². The van der Waals surface area contributed by atoms with E-state index in [1.165, 1.54) is 0 Å². The van der Waals surface area contributed by atoms with E-state index < -0.39 is 0 Å². The zero-order chi connectivity index (χ0) is 16.7. The predicted molar refractivity (Wildman–Crippen MR) is 88.9 cm³/mol. The molecule has 1 aliphatic heterocycles. The highest BCUT2D eigenvalue weighted by Crippen LogP contribution is 2.29. The molecule has 5 nitrogen and oxygen atoms in total. The van der Waals surface area contributed by atoms with Crippen LogP contribution in [-0.4, -0.2) is 33.2 Å². The summed E-state index contributed by atoms with van der Waals surface area (Å²) < 4.78 is 0. The van der Waals surface area contributed by atoms with Crippen LogP contribution in [0, 0.1) is 13.8 Å². The Bertz CT molecular complexity index is 524. The van der Waals surface area contributed by atoms with Crippen molar-refractivity contribution in [2.24, 2.45) is 0 Å². The van der Waals surface area contributed by atoms with Gasteiger partial charge in [0.05, 0.1) is 11.6 Å². The Morgan fingerprint density at radius 2 is 1.77 bits per heavy atom. The third-order valence-corrected chi connectivity index (χ3v) is 4.55. The summed E-state index contributed by atoms with van der Waals surface area (Å²) in [5.74, 6) is -0.0917. The maximum atomic E-state index is 12.7. The Morgan fingerprint density at radius 3 is 2.23 bits per heavy atom. The molecule has 1 saturated heterocycles. The Balaban J connectivity index is 2.08. The van der Waals surface area contributed by atoms with Gasteiger partial charge in [-0.3, -0.25) is 9.89 Å². The molecule has 5 heteroatoms. The molecule has 0 spiro atoms. The van der Waals surface area contributed by atoms with Gasteiger partial charge >= 0.3 is 0 Å². The number of amides is 1. The number of nitrogens with one attached hydrogen (secondary N) is 3. The van der Waals surface area contributed by atoms with E-state index in [9.17, 15) is 4.79 Å². The highest BCUT2D eigenvalue weighted by atomic mass is 16.1. The molecule has 2 heterocycles. The first kappa shape index (κ1) is 17.0. The summed E-state index contributed by atoms with van der Waals surface area (Å²) in [7, 11) is 0. The SMILES string of the molecule is Cc1n[nH]c(C)c1C(C)C(=O)NC1CC(C)(C)NC(C)(C)C1. The van der Waals surface area contributed by atoms with Crippen molar-refractivity contribution >= 4 is 5.91 Å². The van der Waals surface area contributed by atoms with Crippen LogP contribution in [0.1, 0.15) is 70.3 Å². The molecule has 22 heavy (non-hydrogen) atoms. The molecule has 1 amide bonds. The van der Waals surface area contributed by atoms with Crippen LogP contribution >= 0.6 is 0 Å². The lowest BCUT2D eigenvalue weighted by Crippen LogP contribution is -2.62. The number of hydrogen-bond donors (Lipinski definition) is 3. The molecule has 2 rings (SSSR count). The van der Waals surface area contributed by atoms with E-state index in [-0.39, 0.29) is 28.9 Å². The van der Waals surface area contributed by atoms with Crippen LogP contribution in [0.2, 0.25) is 0 Å². The summed E-state index contributed by atoms with van der Waals surface area (Å²) in [6.07, 6.45) is 1.89. The van der Waals surface area contributed by atoms with E-state index >= 15 is 0 Å². The summed E-state index contributed by atoms with van der Waals surface area (Å²) in [6.45, 7) is 14.6. The third kappa shape index (κ3) is 3.69. The van der Waals surface area contributed by atoms with Gasteiger partial charge in [0, 0.05) is 28.4 Å². The lowest BCUT2D eigenvalue weighted by Gasteiger charge is -2.46. The van der Waals surface area contributed by atoms with Gasteiger partial charge in [0.2, 0.25) is 5.91 Å². The number of H-pyrrole nitrogens is 1. The van der Waals surface area contributed by atoms with Gasteiger partial charge in [0.15, 0.2) is 0 Å². The van der Waals surface area contributed by atoms with Gasteiger partial charge < -0.3 is 10.6 Å². The minimum absolute atomic E-state index is 0.0322. The van der Waals surface area contributed by atoms with E-state index in [1.807, 2.05) is 20.8 Å². The minimum atomic E-state index is -0.181. The van der Waals surface area contributed by atoms with E-state index in [1.54, 1.807) is 0 Å². The molecular formula is C17H30N4O. The maximum absolute atomic E-state index is 12.7. The molecule has 1 atom stereocenters. The van der Waals surface area contributed by atoms with Crippen LogP contribution in [-0.2, 0) is 4.79 Å². The second kappa shape index (κ2) is 5.69. The topological polar surface area (TPSA) is 69.8 Å². The zero-order valence-electron chi connectivity index (χ0n) is 14.9. The van der Waals surface area contributed by atoms with Gasteiger partial charge in [0.1, 0.15) is 0 Å². The number of hydrogen-bond acceptors (Lipinski definition) is 3. The molecule has 1 fully saturated rings. The number of nitrogens with zero attached hydrogens (tertiary/aromatic N) is 1. The van der Waals surface area contributed by atoms with Crippen LogP contribution in [0.15, 0.2) is 0 Å². The van der Waals surface area contributed by atoms with E-state index in [4.69, 9.17) is 0 Å². The van der Waals surface area contributed by atoms with Gasteiger partial charge in [-0.1, -0.05) is 0 Å². The Hall–Kier alpha value is -1.36. The number of aryl methyl sites for hydroxylation is 2. The summed E-state index contributed by atoms with van der Waals surface area (Å²) in [5.41, 5.74) is 2.97. The first-order chi connectivity index (χ1) is 10.0. The fourth-order valence-electron chi connectivity index (χ4n) is 4.08. The van der Waals surface area contributed by atoms with Crippen molar-refractivity contribution in [3.05, 3.63) is 17.0 Å². The summed E-state index contributed by atoms with van der Waals surface area (Å²) in [6, 6.07) is 0.203. The van der Waals surface area contributed by atoms with Crippen LogP contribution in [0.4, 0.5) is 0 Å². The number of aromatic amines is 1. The van der Waals surface area contributed by atoms with Crippen LogP contribution < -0.4 is 10.6 Å². The van der Waals surface area contributed by atoms with Crippen molar-refractivity contribution in [3.8, 4) is 0 Å². The zero-order valence-corrected chi connectivity index (χ0v) is 14.9. The minimum Gasteiger partial charge on any atom is -0.353 e. The molecule has 0 saturated carbocycles. The number of piperidine rings is 1. The highest BCUT2D eigenvalue weighted by molar-refractivity contribution is 5.84. The van der Waals surface area contributed by atoms with E-state index in [0.29, 0.717) is 0 Å². The molecular weight excluding hydrogens is 276 g/mol. The molecule has 0 radical (unpaired) electrons. The fraction of sp³-hybridized carbons (Fsp3) is 0.765. The van der Waals surface area contributed by atoms with Gasteiger partial charge in [-0.15, -0.1) is 0 Å². The average Bonchev–Trinajstić information content (AvgIpc) is 2.64. The molecule has 0 bridgehead atoms. The number of carbonyl (C=O) groups is 1. The molecule has 0 aromatic carbocycles. The van der Waals surface area contributed by atoms with Crippen molar-refractivity contribution in [3.63, 3.8) is 0 Å². The standard InChI is InChI=1S/C17H30N4O/c1-10(14-11(2)19-20-12(14)3)15(22)18-13-8-16(4,5)21-17(6,7)9-13/h10,13,21H,8-9H2,1-7H3,(H,18,22)(H,19,20). The predicted octanol–water partition coefficient (Wildman–Crippen LogP) is 2.56. The monoisotopic (exact) mass is 306 g/mol. The maximum Gasteiger partial charge on any atom is 0.227 e. The van der Waals surface area contributed by atoms with Crippen molar-refractivity contribution in [2.45, 2.75) is 84.3 Å². The van der Waals surface area contributed by atoms with Crippen LogP contribution in [0.25, 0.3) is 0 Å². The molecule has 1 aromatic rings. The van der Waals surface area contributed by atoms with Crippen molar-refractivity contribution in [1.82, 2.24) is 20.8 Å². The molecule has 1 aliphatic rings. The first-order valence-electron chi connectivity index (χ1n) is 8.12. The molecule has 3 N–H and O–H groups in total. The lowest BCUT2D eigenvalue weighted by atomic mass is 9.79. The van der Waals surface area contributed by atoms with Crippen LogP contribution in [0.3, 0.4) is 0 Å². The quantitative estimate of drug-likeness (QED) is 0.804. The van der Waals surface area contributed by atoms with Crippen molar-refractivity contribution in [2.75, 3.05) is 0 Å². The second-order valence-corrected chi connectivity index (χ2v) is 8.08. The molecule has 124 valence electrons.